The van der Waals surface area contributed by atoms with Gasteiger partial charge in [0.25, 0.3) is 0 Å². The quantitative estimate of drug-likeness (QED) is 0.944. The van der Waals surface area contributed by atoms with Crippen LogP contribution in [0.2, 0.25) is 0 Å². The third-order valence-electron chi connectivity index (χ3n) is 4.52. The number of aromatic nitrogens is 2. The summed E-state index contributed by atoms with van der Waals surface area (Å²) >= 11 is 1.64. The Hall–Kier alpha value is -1.69. The largest absolute Gasteiger partial charge is 0.481 e. The standard InChI is InChI=1S/C15H19N3O2S/c1-3-15(14(19)20)5-4-6-18(8-15)13-12-11(16-9-17-13)10(2)7-21-12/h7,9H,3-6,8H2,1-2H3,(H,19,20). The van der Waals surface area contributed by atoms with Crippen LogP contribution in [0.5, 0.6) is 0 Å². The van der Waals surface area contributed by atoms with Gasteiger partial charge in [-0.05, 0) is 37.1 Å². The van der Waals surface area contributed by atoms with Crippen LogP contribution in [0.25, 0.3) is 10.2 Å². The summed E-state index contributed by atoms with van der Waals surface area (Å²) in [7, 11) is 0. The first-order valence-electron chi connectivity index (χ1n) is 7.24. The number of hydrogen-bond donors (Lipinski definition) is 1. The predicted octanol–water partition coefficient (Wildman–Crippen LogP) is 3.08. The maximum atomic E-state index is 11.7. The van der Waals surface area contributed by atoms with Crippen molar-refractivity contribution in [2.45, 2.75) is 33.1 Å². The van der Waals surface area contributed by atoms with E-state index in [1.165, 1.54) is 0 Å². The number of carboxylic acids is 1. The molecule has 0 saturated carbocycles. The molecule has 1 N–H and O–H groups in total. The molecule has 0 bridgehead atoms. The minimum Gasteiger partial charge on any atom is -0.481 e. The van der Waals surface area contributed by atoms with Crippen LogP contribution in [-0.2, 0) is 4.79 Å². The first-order valence-corrected chi connectivity index (χ1v) is 8.12. The number of piperidine rings is 1. The van der Waals surface area contributed by atoms with Crippen molar-refractivity contribution in [3.63, 3.8) is 0 Å². The average molecular weight is 305 g/mol. The van der Waals surface area contributed by atoms with Gasteiger partial charge in [-0.2, -0.15) is 0 Å². The van der Waals surface area contributed by atoms with E-state index >= 15 is 0 Å². The Morgan fingerprint density at radius 3 is 3.05 bits per heavy atom. The van der Waals surface area contributed by atoms with Crippen LogP contribution in [-0.4, -0.2) is 34.1 Å². The molecule has 6 heteroatoms. The lowest BCUT2D eigenvalue weighted by atomic mass is 9.77. The van der Waals surface area contributed by atoms with Gasteiger partial charge in [-0.25, -0.2) is 9.97 Å². The summed E-state index contributed by atoms with van der Waals surface area (Å²) in [6.45, 7) is 5.39. The second kappa shape index (κ2) is 5.26. The molecule has 0 radical (unpaired) electrons. The van der Waals surface area contributed by atoms with Gasteiger partial charge in [-0.3, -0.25) is 4.79 Å². The number of carbonyl (C=O) groups is 1. The number of aryl methyl sites for hydroxylation is 1. The maximum absolute atomic E-state index is 11.7. The molecule has 1 saturated heterocycles. The Balaban J connectivity index is 2.01. The summed E-state index contributed by atoms with van der Waals surface area (Å²) in [5, 5.41) is 11.7. The molecule has 112 valence electrons. The van der Waals surface area contributed by atoms with E-state index in [0.717, 1.165) is 41.0 Å². The van der Waals surface area contributed by atoms with Crippen LogP contribution < -0.4 is 4.90 Å². The Morgan fingerprint density at radius 1 is 1.52 bits per heavy atom. The van der Waals surface area contributed by atoms with Crippen LogP contribution >= 0.6 is 11.3 Å². The van der Waals surface area contributed by atoms with E-state index in [9.17, 15) is 9.90 Å². The van der Waals surface area contributed by atoms with Crippen molar-refractivity contribution in [3.8, 4) is 0 Å². The first-order chi connectivity index (χ1) is 10.1. The molecule has 3 heterocycles. The molecule has 1 fully saturated rings. The molecule has 1 unspecified atom stereocenters. The number of aliphatic carboxylic acids is 1. The molecule has 21 heavy (non-hydrogen) atoms. The number of thiophene rings is 1. The zero-order valence-electron chi connectivity index (χ0n) is 12.3. The maximum Gasteiger partial charge on any atom is 0.311 e. The first kappa shape index (κ1) is 14.3. The number of hydrogen-bond acceptors (Lipinski definition) is 5. The zero-order valence-corrected chi connectivity index (χ0v) is 13.1. The fourth-order valence-electron chi connectivity index (χ4n) is 3.11. The van der Waals surface area contributed by atoms with Gasteiger partial charge >= 0.3 is 5.97 Å². The van der Waals surface area contributed by atoms with E-state index in [0.29, 0.717) is 13.0 Å². The molecule has 0 aromatic carbocycles. The Morgan fingerprint density at radius 2 is 2.33 bits per heavy atom. The van der Waals surface area contributed by atoms with Gasteiger partial charge in [0.05, 0.1) is 15.6 Å². The lowest BCUT2D eigenvalue weighted by molar-refractivity contribution is -0.149. The van der Waals surface area contributed by atoms with Crippen LogP contribution in [0.3, 0.4) is 0 Å². The number of anilines is 1. The molecular weight excluding hydrogens is 286 g/mol. The number of carboxylic acid groups (broad SMARTS) is 1. The fourth-order valence-corrected chi connectivity index (χ4v) is 4.13. The van der Waals surface area contributed by atoms with Gasteiger partial charge in [0.1, 0.15) is 12.1 Å². The van der Waals surface area contributed by atoms with E-state index in [1.807, 2.05) is 13.8 Å². The molecule has 1 atom stereocenters. The highest BCUT2D eigenvalue weighted by Gasteiger charge is 2.41. The van der Waals surface area contributed by atoms with Crippen molar-refractivity contribution in [3.05, 3.63) is 17.3 Å². The molecule has 0 spiro atoms. The third kappa shape index (κ3) is 2.27. The van der Waals surface area contributed by atoms with Crippen molar-refractivity contribution in [1.29, 1.82) is 0 Å². The second-order valence-corrected chi connectivity index (χ2v) is 6.64. The van der Waals surface area contributed by atoms with Gasteiger partial charge in [0, 0.05) is 13.1 Å². The highest BCUT2D eigenvalue weighted by Crippen LogP contribution is 2.38. The Bertz CT molecular complexity index is 685. The lowest BCUT2D eigenvalue weighted by Gasteiger charge is -2.40. The highest BCUT2D eigenvalue weighted by molar-refractivity contribution is 7.18. The Kier molecular flexibility index (Phi) is 3.57. The van der Waals surface area contributed by atoms with Crippen LogP contribution in [0, 0.1) is 12.3 Å². The van der Waals surface area contributed by atoms with Gasteiger partial charge in [-0.1, -0.05) is 6.92 Å². The highest BCUT2D eigenvalue weighted by atomic mass is 32.1. The summed E-state index contributed by atoms with van der Waals surface area (Å²) in [6, 6.07) is 0. The van der Waals surface area contributed by atoms with Crippen molar-refractivity contribution < 1.29 is 9.90 Å². The molecule has 0 amide bonds. The monoisotopic (exact) mass is 305 g/mol. The molecule has 2 aromatic heterocycles. The van der Waals surface area contributed by atoms with Crippen LogP contribution in [0.1, 0.15) is 31.7 Å². The van der Waals surface area contributed by atoms with E-state index in [4.69, 9.17) is 0 Å². The summed E-state index contributed by atoms with van der Waals surface area (Å²) in [5.41, 5.74) is 1.48. The normalized spacial score (nSPS) is 22.7. The number of nitrogens with zero attached hydrogens (tertiary/aromatic N) is 3. The molecule has 5 nitrogen and oxygen atoms in total. The summed E-state index contributed by atoms with van der Waals surface area (Å²) < 4.78 is 1.06. The average Bonchev–Trinajstić information content (AvgIpc) is 2.89. The summed E-state index contributed by atoms with van der Waals surface area (Å²) in [6.07, 6.45) is 3.86. The Labute approximate surface area is 127 Å². The zero-order chi connectivity index (χ0) is 15.0. The molecular formula is C15H19N3O2S. The predicted molar refractivity (Wildman–Crippen MR) is 84.0 cm³/mol. The third-order valence-corrected chi connectivity index (χ3v) is 5.60. The number of rotatable bonds is 3. The van der Waals surface area contributed by atoms with Gasteiger partial charge in [0.15, 0.2) is 0 Å². The van der Waals surface area contributed by atoms with Gasteiger partial charge in [0.2, 0.25) is 0 Å². The van der Waals surface area contributed by atoms with E-state index in [2.05, 4.69) is 20.2 Å². The van der Waals surface area contributed by atoms with Crippen molar-refractivity contribution >= 4 is 33.3 Å². The molecule has 3 rings (SSSR count). The molecule has 1 aliphatic rings. The molecule has 1 aliphatic heterocycles. The van der Waals surface area contributed by atoms with Crippen molar-refractivity contribution in [2.75, 3.05) is 18.0 Å². The van der Waals surface area contributed by atoms with Crippen molar-refractivity contribution in [1.82, 2.24) is 9.97 Å². The summed E-state index contributed by atoms with van der Waals surface area (Å²) in [5.74, 6) is 0.194. The number of fused-ring (bicyclic) bond motifs is 1. The molecule has 0 aliphatic carbocycles. The van der Waals surface area contributed by atoms with E-state index < -0.39 is 11.4 Å². The van der Waals surface area contributed by atoms with Crippen LogP contribution in [0.15, 0.2) is 11.7 Å². The topological polar surface area (TPSA) is 66.3 Å². The smallest absolute Gasteiger partial charge is 0.311 e. The SMILES string of the molecule is CCC1(C(=O)O)CCCN(c2ncnc3c(C)csc23)C1. The van der Waals surface area contributed by atoms with E-state index in [-0.39, 0.29) is 0 Å². The van der Waals surface area contributed by atoms with Crippen molar-refractivity contribution in [2.24, 2.45) is 5.41 Å². The minimum absolute atomic E-state index is 0.530. The van der Waals surface area contributed by atoms with Gasteiger partial charge in [-0.15, -0.1) is 11.3 Å². The summed E-state index contributed by atoms with van der Waals surface area (Å²) in [4.78, 5) is 22.6. The minimum atomic E-state index is -0.692. The fraction of sp³-hybridized carbons (Fsp3) is 0.533. The molecule has 2 aromatic rings. The van der Waals surface area contributed by atoms with Crippen LogP contribution in [0.4, 0.5) is 5.82 Å². The van der Waals surface area contributed by atoms with Gasteiger partial charge < -0.3 is 10.0 Å². The second-order valence-electron chi connectivity index (χ2n) is 5.76. The lowest BCUT2D eigenvalue weighted by Crippen LogP contribution is -2.48. The van der Waals surface area contributed by atoms with E-state index in [1.54, 1.807) is 17.7 Å².